The van der Waals surface area contributed by atoms with E-state index in [0.29, 0.717) is 32.2 Å². The highest BCUT2D eigenvalue weighted by molar-refractivity contribution is 5.94. The summed E-state index contributed by atoms with van der Waals surface area (Å²) in [5, 5.41) is 4.35. The lowest BCUT2D eigenvalue weighted by Gasteiger charge is -2.24. The van der Waals surface area contributed by atoms with Gasteiger partial charge >= 0.3 is 0 Å². The van der Waals surface area contributed by atoms with Crippen LogP contribution in [0.15, 0.2) is 30.7 Å². The van der Waals surface area contributed by atoms with Gasteiger partial charge in [0.15, 0.2) is 5.82 Å². The van der Waals surface area contributed by atoms with Crippen molar-refractivity contribution in [3.8, 4) is 0 Å². The van der Waals surface area contributed by atoms with E-state index in [4.69, 9.17) is 4.74 Å². The van der Waals surface area contributed by atoms with Gasteiger partial charge in [0.25, 0.3) is 5.91 Å². The number of carbonyl (C=O) groups is 1. The number of pyridine rings is 1. The van der Waals surface area contributed by atoms with Crippen molar-refractivity contribution in [3.63, 3.8) is 0 Å². The minimum Gasteiger partial charge on any atom is -0.381 e. The van der Waals surface area contributed by atoms with Crippen LogP contribution in [0.5, 0.6) is 0 Å². The van der Waals surface area contributed by atoms with Gasteiger partial charge in [-0.3, -0.25) is 14.5 Å². The van der Waals surface area contributed by atoms with E-state index < -0.39 is 5.82 Å². The summed E-state index contributed by atoms with van der Waals surface area (Å²) >= 11 is 0. The summed E-state index contributed by atoms with van der Waals surface area (Å²) in [5.41, 5.74) is 1.01. The van der Waals surface area contributed by atoms with E-state index in [2.05, 4.69) is 10.1 Å². The largest absolute Gasteiger partial charge is 0.381 e. The van der Waals surface area contributed by atoms with Crippen LogP contribution in [0, 0.1) is 17.7 Å². The van der Waals surface area contributed by atoms with Gasteiger partial charge in [0.2, 0.25) is 0 Å². The van der Waals surface area contributed by atoms with Crippen molar-refractivity contribution >= 4 is 5.91 Å². The molecule has 1 amide bonds. The highest BCUT2D eigenvalue weighted by atomic mass is 19.1. The summed E-state index contributed by atoms with van der Waals surface area (Å²) in [6.07, 6.45) is 6.75. The predicted molar refractivity (Wildman–Crippen MR) is 88.2 cm³/mol. The number of halogens is 1. The van der Waals surface area contributed by atoms with Crippen LogP contribution < -0.4 is 0 Å². The monoisotopic (exact) mass is 344 g/mol. The molecule has 2 aromatic rings. The molecule has 25 heavy (non-hydrogen) atoms. The summed E-state index contributed by atoms with van der Waals surface area (Å²) in [6, 6.07) is 3.33. The normalized spacial score (nSPS) is 20.2. The smallest absolute Gasteiger partial charge is 0.257 e. The second-order valence-corrected chi connectivity index (χ2v) is 6.89. The maximum atomic E-state index is 14.0. The summed E-state index contributed by atoms with van der Waals surface area (Å²) in [4.78, 5) is 18.2. The number of rotatable bonds is 5. The number of aromatic nitrogens is 3. The Morgan fingerprint density at radius 1 is 1.20 bits per heavy atom. The van der Waals surface area contributed by atoms with E-state index in [9.17, 15) is 9.18 Å². The zero-order chi connectivity index (χ0) is 17.2. The lowest BCUT2D eigenvalue weighted by atomic mass is 10.1. The van der Waals surface area contributed by atoms with Gasteiger partial charge < -0.3 is 9.64 Å². The van der Waals surface area contributed by atoms with Gasteiger partial charge in [0, 0.05) is 38.0 Å². The Labute approximate surface area is 145 Å². The van der Waals surface area contributed by atoms with Gasteiger partial charge in [0.05, 0.1) is 30.6 Å². The fraction of sp³-hybridized carbons (Fsp3) is 0.500. The minimum atomic E-state index is -0.591. The number of hydrogen-bond donors (Lipinski definition) is 0. The molecule has 0 saturated heterocycles. The zero-order valence-corrected chi connectivity index (χ0v) is 14.0. The molecule has 3 heterocycles. The van der Waals surface area contributed by atoms with Crippen molar-refractivity contribution in [1.29, 1.82) is 0 Å². The zero-order valence-electron chi connectivity index (χ0n) is 14.0. The molecule has 1 atom stereocenters. The first-order valence-corrected chi connectivity index (χ1v) is 8.68. The lowest BCUT2D eigenvalue weighted by Crippen LogP contribution is -2.36. The van der Waals surface area contributed by atoms with Crippen LogP contribution >= 0.6 is 0 Å². The van der Waals surface area contributed by atoms with E-state index in [-0.39, 0.29) is 17.4 Å². The van der Waals surface area contributed by atoms with Crippen molar-refractivity contribution in [2.75, 3.05) is 19.8 Å². The van der Waals surface area contributed by atoms with Crippen LogP contribution in [0.3, 0.4) is 0 Å². The van der Waals surface area contributed by atoms with Crippen molar-refractivity contribution in [2.24, 2.45) is 11.8 Å². The highest BCUT2D eigenvalue weighted by Gasteiger charge is 2.28. The number of hydrogen-bond acceptors (Lipinski definition) is 4. The summed E-state index contributed by atoms with van der Waals surface area (Å²) in [5.74, 6) is -0.0722. The van der Waals surface area contributed by atoms with Crippen LogP contribution in [0.1, 0.15) is 28.9 Å². The van der Waals surface area contributed by atoms with E-state index in [1.54, 1.807) is 11.1 Å². The number of carbonyl (C=O) groups excluding carboxylic acids is 1. The molecule has 132 valence electrons. The van der Waals surface area contributed by atoms with Crippen LogP contribution in [0.2, 0.25) is 0 Å². The lowest BCUT2D eigenvalue weighted by molar-refractivity contribution is 0.0565. The Kier molecular flexibility index (Phi) is 4.48. The quantitative estimate of drug-likeness (QED) is 0.834. The standard InChI is InChI=1S/C18H21FN4O2/c19-17-7-20-5-4-16(17)18(24)22-8-14(12-25-11-13-1-2-13)9-23-15(10-22)3-6-21-23/h3-7,13-14H,1-2,8-12H2/t14-/m1/s1. The topological polar surface area (TPSA) is 60.2 Å². The van der Waals surface area contributed by atoms with E-state index >= 15 is 0 Å². The Morgan fingerprint density at radius 3 is 2.84 bits per heavy atom. The van der Waals surface area contributed by atoms with Crippen molar-refractivity contribution in [3.05, 3.63) is 47.8 Å². The Bertz CT molecular complexity index is 759. The summed E-state index contributed by atoms with van der Waals surface area (Å²) in [6.45, 7) is 3.01. The second-order valence-electron chi connectivity index (χ2n) is 6.89. The molecule has 1 fully saturated rings. The molecule has 1 saturated carbocycles. The fourth-order valence-corrected chi connectivity index (χ4v) is 3.20. The first-order chi connectivity index (χ1) is 12.2. The number of amides is 1. The molecule has 4 rings (SSSR count). The van der Waals surface area contributed by atoms with Crippen LogP contribution in [0.25, 0.3) is 0 Å². The molecule has 1 aliphatic carbocycles. The molecule has 7 heteroatoms. The molecule has 0 unspecified atom stereocenters. The van der Waals surface area contributed by atoms with E-state index in [0.717, 1.165) is 18.5 Å². The van der Waals surface area contributed by atoms with Crippen LogP contribution in [0.4, 0.5) is 4.39 Å². The van der Waals surface area contributed by atoms with Gasteiger partial charge in [-0.25, -0.2) is 4.39 Å². The molecule has 0 aromatic carbocycles. The molecular formula is C18H21FN4O2. The summed E-state index contributed by atoms with van der Waals surface area (Å²) < 4.78 is 21.7. The first kappa shape index (κ1) is 16.2. The van der Waals surface area contributed by atoms with E-state index in [1.165, 1.54) is 25.1 Å². The van der Waals surface area contributed by atoms with Gasteiger partial charge in [-0.2, -0.15) is 5.10 Å². The molecule has 0 spiro atoms. The molecular weight excluding hydrogens is 323 g/mol. The average Bonchev–Trinajstić information content (AvgIpc) is 3.37. The molecule has 1 aliphatic heterocycles. The molecule has 2 aliphatic rings. The van der Waals surface area contributed by atoms with Crippen LogP contribution in [-0.2, 0) is 17.8 Å². The van der Waals surface area contributed by atoms with Gasteiger partial charge in [0.1, 0.15) is 0 Å². The predicted octanol–water partition coefficient (Wildman–Crippen LogP) is 2.12. The SMILES string of the molecule is O=C(c1ccncc1F)N1Cc2ccnn2C[C@H](COCC2CC2)C1. The second kappa shape index (κ2) is 6.92. The Balaban J connectivity index is 1.51. The van der Waals surface area contributed by atoms with Gasteiger partial charge in [-0.1, -0.05) is 0 Å². The maximum Gasteiger partial charge on any atom is 0.257 e. The molecule has 0 radical (unpaired) electrons. The molecule has 2 aromatic heterocycles. The Morgan fingerprint density at radius 2 is 2.04 bits per heavy atom. The number of fused-ring (bicyclic) bond motifs is 1. The van der Waals surface area contributed by atoms with E-state index in [1.807, 2.05) is 10.7 Å². The average molecular weight is 344 g/mol. The number of nitrogens with zero attached hydrogens (tertiary/aromatic N) is 4. The first-order valence-electron chi connectivity index (χ1n) is 8.68. The molecule has 0 N–H and O–H groups in total. The maximum absolute atomic E-state index is 14.0. The van der Waals surface area contributed by atoms with Crippen molar-refractivity contribution in [2.45, 2.75) is 25.9 Å². The van der Waals surface area contributed by atoms with Crippen molar-refractivity contribution < 1.29 is 13.9 Å². The Hall–Kier alpha value is -2.28. The van der Waals surface area contributed by atoms with Gasteiger partial charge in [-0.05, 0) is 30.9 Å². The minimum absolute atomic E-state index is 0.0561. The van der Waals surface area contributed by atoms with Gasteiger partial charge in [-0.15, -0.1) is 0 Å². The molecule has 0 bridgehead atoms. The fourth-order valence-electron chi connectivity index (χ4n) is 3.20. The number of ether oxygens (including phenoxy) is 1. The third-order valence-electron chi connectivity index (χ3n) is 4.76. The third-order valence-corrected chi connectivity index (χ3v) is 4.76. The summed E-state index contributed by atoms with van der Waals surface area (Å²) in [7, 11) is 0. The van der Waals surface area contributed by atoms with Crippen molar-refractivity contribution in [1.82, 2.24) is 19.7 Å². The van der Waals surface area contributed by atoms with Crippen LogP contribution in [-0.4, -0.2) is 45.3 Å². The third kappa shape index (κ3) is 3.71. The molecule has 6 nitrogen and oxygen atoms in total. The highest BCUT2D eigenvalue weighted by Crippen LogP contribution is 2.29.